The summed E-state index contributed by atoms with van der Waals surface area (Å²) in [5, 5.41) is 3.21. The molecule has 1 heterocycles. The van der Waals surface area contributed by atoms with Crippen molar-refractivity contribution in [1.82, 2.24) is 14.9 Å². The van der Waals surface area contributed by atoms with E-state index in [2.05, 4.69) is 21.8 Å². The fourth-order valence-electron chi connectivity index (χ4n) is 2.04. The summed E-state index contributed by atoms with van der Waals surface area (Å²) in [6.07, 6.45) is 6.68. The minimum absolute atomic E-state index is 0.0667. The van der Waals surface area contributed by atoms with Crippen LogP contribution >= 0.6 is 0 Å². The van der Waals surface area contributed by atoms with Gasteiger partial charge < -0.3 is 9.88 Å². The van der Waals surface area contributed by atoms with E-state index in [1.165, 1.54) is 6.26 Å². The van der Waals surface area contributed by atoms with E-state index in [0.29, 0.717) is 6.42 Å². The van der Waals surface area contributed by atoms with Crippen LogP contribution in [0.25, 0.3) is 0 Å². The van der Waals surface area contributed by atoms with Crippen molar-refractivity contribution in [3.63, 3.8) is 0 Å². The van der Waals surface area contributed by atoms with E-state index >= 15 is 0 Å². The van der Waals surface area contributed by atoms with E-state index in [4.69, 9.17) is 0 Å². The fraction of sp³-hybridized carbons (Fsp3) is 0.750. The van der Waals surface area contributed by atoms with Crippen LogP contribution in [0.2, 0.25) is 0 Å². The Bertz CT molecular complexity index is 454. The van der Waals surface area contributed by atoms with Gasteiger partial charge in [-0.05, 0) is 13.0 Å². The van der Waals surface area contributed by atoms with Crippen LogP contribution in [0.15, 0.2) is 12.4 Å². The molecule has 0 aromatic carbocycles. The lowest BCUT2D eigenvalue weighted by atomic mass is 10.2. The number of aryl methyl sites for hydroxylation is 1. The molecule has 104 valence electrons. The molecular weight excluding hydrogens is 250 g/mol. The number of imidazole rings is 1. The highest BCUT2D eigenvalue weighted by molar-refractivity contribution is 7.90. The van der Waals surface area contributed by atoms with Crippen molar-refractivity contribution in [1.29, 1.82) is 0 Å². The molecule has 6 heteroatoms. The summed E-state index contributed by atoms with van der Waals surface area (Å²) in [6, 6.07) is -0.0667. The molecule has 0 saturated heterocycles. The first kappa shape index (κ1) is 15.2. The Morgan fingerprint density at radius 3 is 2.72 bits per heavy atom. The van der Waals surface area contributed by atoms with E-state index in [9.17, 15) is 8.42 Å². The SMILES string of the molecule is CCCn1ccnc1CC(CS(C)(=O)=O)NCC. The number of hydrogen-bond donors (Lipinski definition) is 1. The van der Waals surface area contributed by atoms with Crippen molar-refractivity contribution in [3.8, 4) is 0 Å². The molecule has 0 fully saturated rings. The summed E-state index contributed by atoms with van der Waals surface area (Å²) in [5.74, 6) is 1.10. The molecule has 1 rings (SSSR count). The van der Waals surface area contributed by atoms with Crippen LogP contribution in [-0.4, -0.2) is 42.6 Å². The molecule has 0 saturated carbocycles. The highest BCUT2D eigenvalue weighted by Crippen LogP contribution is 2.05. The van der Waals surface area contributed by atoms with Crippen molar-refractivity contribution in [2.24, 2.45) is 0 Å². The van der Waals surface area contributed by atoms with Gasteiger partial charge in [-0.1, -0.05) is 13.8 Å². The third-order valence-electron chi connectivity index (χ3n) is 2.69. The summed E-state index contributed by atoms with van der Waals surface area (Å²) < 4.78 is 24.9. The lowest BCUT2D eigenvalue weighted by molar-refractivity contribution is 0.519. The van der Waals surface area contributed by atoms with Crippen molar-refractivity contribution in [2.75, 3.05) is 18.6 Å². The Hall–Kier alpha value is -0.880. The molecule has 0 aliphatic rings. The third-order valence-corrected chi connectivity index (χ3v) is 3.70. The van der Waals surface area contributed by atoms with Crippen LogP contribution in [0.4, 0.5) is 0 Å². The van der Waals surface area contributed by atoms with Crippen LogP contribution in [0.1, 0.15) is 26.1 Å². The van der Waals surface area contributed by atoms with Crippen molar-refractivity contribution in [2.45, 2.75) is 39.3 Å². The molecule has 1 N–H and O–H groups in total. The van der Waals surface area contributed by atoms with Crippen LogP contribution in [0.3, 0.4) is 0 Å². The minimum atomic E-state index is -2.97. The van der Waals surface area contributed by atoms with Crippen LogP contribution in [0, 0.1) is 0 Å². The molecule has 0 aliphatic heterocycles. The standard InChI is InChI=1S/C12H23N3O2S/c1-4-7-15-8-6-14-12(15)9-11(13-5-2)10-18(3,16)17/h6,8,11,13H,4-5,7,9-10H2,1-3H3. The highest BCUT2D eigenvalue weighted by atomic mass is 32.2. The van der Waals surface area contributed by atoms with E-state index in [-0.39, 0.29) is 11.8 Å². The van der Waals surface area contributed by atoms with Crippen LogP contribution < -0.4 is 5.32 Å². The Balaban J connectivity index is 2.73. The van der Waals surface area contributed by atoms with Gasteiger partial charge in [-0.15, -0.1) is 0 Å². The maximum absolute atomic E-state index is 11.4. The second-order valence-electron chi connectivity index (χ2n) is 4.59. The lowest BCUT2D eigenvalue weighted by Gasteiger charge is -2.17. The van der Waals surface area contributed by atoms with E-state index < -0.39 is 9.84 Å². The number of nitrogens with zero attached hydrogens (tertiary/aromatic N) is 2. The summed E-state index contributed by atoms with van der Waals surface area (Å²) in [6.45, 7) is 5.78. The van der Waals surface area contributed by atoms with Gasteiger partial charge in [-0.2, -0.15) is 0 Å². The molecule has 0 amide bonds. The topological polar surface area (TPSA) is 64.0 Å². The van der Waals surface area contributed by atoms with Gasteiger partial charge in [0, 0.05) is 37.7 Å². The highest BCUT2D eigenvalue weighted by Gasteiger charge is 2.17. The smallest absolute Gasteiger partial charge is 0.148 e. The molecule has 0 aliphatic carbocycles. The average molecular weight is 273 g/mol. The molecule has 0 radical (unpaired) electrons. The van der Waals surface area contributed by atoms with Gasteiger partial charge >= 0.3 is 0 Å². The molecule has 1 aromatic rings. The van der Waals surface area contributed by atoms with Crippen LogP contribution in [-0.2, 0) is 22.8 Å². The zero-order valence-electron chi connectivity index (χ0n) is 11.4. The van der Waals surface area contributed by atoms with Gasteiger partial charge in [0.05, 0.1) is 5.75 Å². The number of nitrogens with one attached hydrogen (secondary N) is 1. The average Bonchev–Trinajstić information content (AvgIpc) is 2.64. The van der Waals surface area contributed by atoms with E-state index in [0.717, 1.165) is 25.3 Å². The summed E-state index contributed by atoms with van der Waals surface area (Å²) in [7, 11) is -2.97. The van der Waals surface area contributed by atoms with Gasteiger partial charge in [0.25, 0.3) is 0 Å². The molecule has 1 atom stereocenters. The number of likely N-dealkylation sites (N-methyl/N-ethyl adjacent to an activating group) is 1. The molecule has 1 unspecified atom stereocenters. The normalized spacial score (nSPS) is 13.7. The van der Waals surface area contributed by atoms with Gasteiger partial charge in [-0.3, -0.25) is 0 Å². The second kappa shape index (κ2) is 6.89. The van der Waals surface area contributed by atoms with Crippen molar-refractivity contribution < 1.29 is 8.42 Å². The predicted octanol–water partition coefficient (Wildman–Crippen LogP) is 0.858. The summed E-state index contributed by atoms with van der Waals surface area (Å²) >= 11 is 0. The number of rotatable bonds is 8. The quantitative estimate of drug-likeness (QED) is 0.763. The maximum atomic E-state index is 11.4. The first-order chi connectivity index (χ1) is 8.46. The minimum Gasteiger partial charge on any atom is -0.335 e. The molecule has 0 bridgehead atoms. The maximum Gasteiger partial charge on any atom is 0.148 e. The van der Waals surface area contributed by atoms with Gasteiger partial charge in [0.15, 0.2) is 0 Å². The van der Waals surface area contributed by atoms with Crippen molar-refractivity contribution >= 4 is 9.84 Å². The molecule has 18 heavy (non-hydrogen) atoms. The lowest BCUT2D eigenvalue weighted by Crippen LogP contribution is -2.37. The zero-order valence-corrected chi connectivity index (χ0v) is 12.2. The zero-order chi connectivity index (χ0) is 13.6. The molecular formula is C12H23N3O2S. The number of sulfone groups is 1. The summed E-state index contributed by atoms with van der Waals surface area (Å²) in [5.41, 5.74) is 0. The second-order valence-corrected chi connectivity index (χ2v) is 6.77. The largest absolute Gasteiger partial charge is 0.335 e. The first-order valence-electron chi connectivity index (χ1n) is 6.37. The Kier molecular flexibility index (Phi) is 5.81. The Labute approximate surface area is 110 Å². The van der Waals surface area contributed by atoms with Crippen LogP contribution in [0.5, 0.6) is 0 Å². The fourth-order valence-corrected chi connectivity index (χ4v) is 3.01. The number of hydrogen-bond acceptors (Lipinski definition) is 4. The van der Waals surface area contributed by atoms with Gasteiger partial charge in [0.1, 0.15) is 15.7 Å². The Morgan fingerprint density at radius 2 is 2.17 bits per heavy atom. The first-order valence-corrected chi connectivity index (χ1v) is 8.43. The van der Waals surface area contributed by atoms with Gasteiger partial charge in [-0.25, -0.2) is 13.4 Å². The molecule has 5 nitrogen and oxygen atoms in total. The molecule has 1 aromatic heterocycles. The Morgan fingerprint density at radius 1 is 1.44 bits per heavy atom. The monoisotopic (exact) mass is 273 g/mol. The third kappa shape index (κ3) is 5.18. The van der Waals surface area contributed by atoms with Crippen molar-refractivity contribution in [3.05, 3.63) is 18.2 Å². The van der Waals surface area contributed by atoms with E-state index in [1.54, 1.807) is 6.20 Å². The number of aromatic nitrogens is 2. The van der Waals surface area contributed by atoms with Gasteiger partial charge in [0.2, 0.25) is 0 Å². The molecule has 0 spiro atoms. The van der Waals surface area contributed by atoms with E-state index in [1.807, 2.05) is 13.1 Å². The predicted molar refractivity (Wildman–Crippen MR) is 73.4 cm³/mol. The summed E-state index contributed by atoms with van der Waals surface area (Å²) in [4.78, 5) is 4.32.